The van der Waals surface area contributed by atoms with Crippen molar-refractivity contribution in [2.45, 2.75) is 6.10 Å². The van der Waals surface area contributed by atoms with Gasteiger partial charge in [0.25, 0.3) is 0 Å². The summed E-state index contributed by atoms with van der Waals surface area (Å²) in [6.07, 6.45) is -1.12. The first-order valence-electron chi connectivity index (χ1n) is 6.70. The van der Waals surface area contributed by atoms with Crippen LogP contribution in [-0.2, 0) is 0 Å². The number of nitrogens with zero attached hydrogens (tertiary/aromatic N) is 1. The number of hydrogen-bond acceptors (Lipinski definition) is 4. The highest BCUT2D eigenvalue weighted by Gasteiger charge is 2.20. The molecule has 0 aliphatic rings. The fourth-order valence-electron chi connectivity index (χ4n) is 2.13. The first-order chi connectivity index (χ1) is 10.3. The van der Waals surface area contributed by atoms with Crippen LogP contribution < -0.4 is 0 Å². The number of hydrogen-bond donors (Lipinski definition) is 2. The molecule has 106 valence electrons. The Morgan fingerprint density at radius 3 is 2.05 bits per heavy atom. The summed E-state index contributed by atoms with van der Waals surface area (Å²) in [6.45, 7) is -0.428. The van der Waals surface area contributed by atoms with Gasteiger partial charge in [0, 0.05) is 11.1 Å². The molecule has 0 saturated heterocycles. The minimum Gasteiger partial charge on any atom is -0.437 e. The predicted octanol–water partition coefficient (Wildman–Crippen LogP) is 3.03. The summed E-state index contributed by atoms with van der Waals surface area (Å²) in [6, 6.07) is 19.2. The van der Waals surface area contributed by atoms with Crippen molar-refractivity contribution in [3.8, 4) is 22.6 Å². The molecule has 1 atom stereocenters. The maximum Gasteiger partial charge on any atom is 0.226 e. The SMILES string of the molecule is OC[C@H](O)c1nc(-c2ccccc2)c(-c2ccccc2)o1. The van der Waals surface area contributed by atoms with Crippen LogP contribution in [0.5, 0.6) is 0 Å². The highest BCUT2D eigenvalue weighted by atomic mass is 16.4. The Morgan fingerprint density at radius 1 is 0.905 bits per heavy atom. The molecule has 4 nitrogen and oxygen atoms in total. The van der Waals surface area contributed by atoms with Gasteiger partial charge >= 0.3 is 0 Å². The Labute approximate surface area is 122 Å². The molecule has 0 radical (unpaired) electrons. The standard InChI is InChI=1S/C17H15NO3/c19-11-14(20)17-18-15(12-7-3-1-4-8-12)16(21-17)13-9-5-2-6-10-13/h1-10,14,19-20H,11H2/t14-/m0/s1. The average molecular weight is 281 g/mol. The summed E-state index contributed by atoms with van der Waals surface area (Å²) in [5, 5.41) is 18.8. The van der Waals surface area contributed by atoms with E-state index in [1.54, 1.807) is 0 Å². The zero-order chi connectivity index (χ0) is 14.7. The van der Waals surface area contributed by atoms with Gasteiger partial charge in [-0.1, -0.05) is 60.7 Å². The molecule has 0 spiro atoms. The normalized spacial score (nSPS) is 12.3. The summed E-state index contributed by atoms with van der Waals surface area (Å²) in [7, 11) is 0. The van der Waals surface area contributed by atoms with Crippen molar-refractivity contribution >= 4 is 0 Å². The Balaban J connectivity index is 2.15. The van der Waals surface area contributed by atoms with Gasteiger partial charge in [0.15, 0.2) is 11.9 Å². The van der Waals surface area contributed by atoms with Crippen LogP contribution in [0.1, 0.15) is 12.0 Å². The zero-order valence-electron chi connectivity index (χ0n) is 11.3. The minimum atomic E-state index is -1.12. The Hall–Kier alpha value is -2.43. The summed E-state index contributed by atoms with van der Waals surface area (Å²) < 4.78 is 5.69. The molecule has 0 unspecified atom stereocenters. The zero-order valence-corrected chi connectivity index (χ0v) is 11.3. The topological polar surface area (TPSA) is 66.5 Å². The van der Waals surface area contributed by atoms with E-state index in [0.717, 1.165) is 11.1 Å². The molecule has 0 aliphatic carbocycles. The van der Waals surface area contributed by atoms with Crippen molar-refractivity contribution in [3.05, 3.63) is 66.6 Å². The Bertz CT molecular complexity index is 650. The molecule has 0 bridgehead atoms. The second-order valence-corrected chi connectivity index (χ2v) is 4.66. The van der Waals surface area contributed by atoms with Crippen molar-refractivity contribution < 1.29 is 14.6 Å². The lowest BCUT2D eigenvalue weighted by atomic mass is 10.1. The minimum absolute atomic E-state index is 0.121. The van der Waals surface area contributed by atoms with Crippen LogP contribution in [-0.4, -0.2) is 21.8 Å². The largest absolute Gasteiger partial charge is 0.437 e. The van der Waals surface area contributed by atoms with Crippen LogP contribution in [0, 0.1) is 0 Å². The molecule has 4 heteroatoms. The molecule has 1 heterocycles. The van der Waals surface area contributed by atoms with Crippen molar-refractivity contribution in [3.63, 3.8) is 0 Å². The molecule has 21 heavy (non-hydrogen) atoms. The monoisotopic (exact) mass is 281 g/mol. The van der Waals surface area contributed by atoms with E-state index in [4.69, 9.17) is 9.52 Å². The molecule has 3 aromatic rings. The first-order valence-corrected chi connectivity index (χ1v) is 6.70. The Kier molecular flexibility index (Phi) is 3.81. The molecular formula is C17H15NO3. The number of benzene rings is 2. The lowest BCUT2D eigenvalue weighted by molar-refractivity contribution is 0.0737. The van der Waals surface area contributed by atoms with Gasteiger partial charge in [-0.25, -0.2) is 4.98 Å². The number of aromatic nitrogens is 1. The molecule has 0 amide bonds. The van der Waals surface area contributed by atoms with Crippen LogP contribution in [0.3, 0.4) is 0 Å². The third kappa shape index (κ3) is 2.72. The van der Waals surface area contributed by atoms with E-state index < -0.39 is 12.7 Å². The number of rotatable bonds is 4. The van der Waals surface area contributed by atoms with E-state index in [2.05, 4.69) is 4.98 Å². The van der Waals surface area contributed by atoms with Crippen LogP contribution in [0.4, 0.5) is 0 Å². The van der Waals surface area contributed by atoms with Crippen molar-refractivity contribution in [2.24, 2.45) is 0 Å². The lowest BCUT2D eigenvalue weighted by Gasteiger charge is -2.01. The molecule has 0 fully saturated rings. The summed E-state index contributed by atoms with van der Waals surface area (Å²) in [5.41, 5.74) is 2.43. The quantitative estimate of drug-likeness (QED) is 0.771. The molecule has 2 aromatic carbocycles. The molecule has 3 rings (SSSR count). The van der Waals surface area contributed by atoms with Gasteiger partial charge in [-0.15, -0.1) is 0 Å². The predicted molar refractivity (Wildman–Crippen MR) is 79.4 cm³/mol. The molecular weight excluding hydrogens is 266 g/mol. The summed E-state index contributed by atoms with van der Waals surface area (Å²) in [4.78, 5) is 4.35. The molecule has 2 N–H and O–H groups in total. The molecule has 0 saturated carbocycles. The maximum absolute atomic E-state index is 9.75. The van der Waals surface area contributed by atoms with E-state index in [1.807, 2.05) is 60.7 Å². The highest BCUT2D eigenvalue weighted by Crippen LogP contribution is 2.33. The lowest BCUT2D eigenvalue weighted by Crippen LogP contribution is -2.02. The molecule has 0 aliphatic heterocycles. The fraction of sp³-hybridized carbons (Fsp3) is 0.118. The van der Waals surface area contributed by atoms with Crippen LogP contribution in [0.25, 0.3) is 22.6 Å². The van der Waals surface area contributed by atoms with Gasteiger partial charge in [-0.3, -0.25) is 0 Å². The summed E-state index contributed by atoms with van der Waals surface area (Å²) >= 11 is 0. The average Bonchev–Trinajstić information content (AvgIpc) is 3.01. The highest BCUT2D eigenvalue weighted by molar-refractivity contribution is 5.76. The van der Waals surface area contributed by atoms with E-state index in [0.29, 0.717) is 11.5 Å². The van der Waals surface area contributed by atoms with Gasteiger partial charge in [-0.05, 0) is 0 Å². The Morgan fingerprint density at radius 2 is 1.48 bits per heavy atom. The van der Waals surface area contributed by atoms with Gasteiger partial charge in [-0.2, -0.15) is 0 Å². The van der Waals surface area contributed by atoms with Gasteiger partial charge in [0.2, 0.25) is 5.89 Å². The van der Waals surface area contributed by atoms with Gasteiger partial charge < -0.3 is 14.6 Å². The van der Waals surface area contributed by atoms with Crippen LogP contribution in [0.2, 0.25) is 0 Å². The summed E-state index contributed by atoms with van der Waals surface area (Å²) in [5.74, 6) is 0.708. The molecule has 1 aromatic heterocycles. The first kappa shape index (κ1) is 13.5. The number of oxazole rings is 1. The van der Waals surface area contributed by atoms with Gasteiger partial charge in [0.05, 0.1) is 6.61 Å². The second-order valence-electron chi connectivity index (χ2n) is 4.66. The smallest absolute Gasteiger partial charge is 0.226 e. The van der Waals surface area contributed by atoms with Gasteiger partial charge in [0.1, 0.15) is 5.69 Å². The van der Waals surface area contributed by atoms with E-state index in [9.17, 15) is 5.11 Å². The number of aliphatic hydroxyl groups is 2. The maximum atomic E-state index is 9.75. The van der Waals surface area contributed by atoms with E-state index >= 15 is 0 Å². The van der Waals surface area contributed by atoms with Crippen molar-refractivity contribution in [1.82, 2.24) is 4.98 Å². The third-order valence-electron chi connectivity index (χ3n) is 3.18. The van der Waals surface area contributed by atoms with E-state index in [1.165, 1.54) is 0 Å². The second kappa shape index (κ2) is 5.91. The van der Waals surface area contributed by atoms with Crippen LogP contribution in [0.15, 0.2) is 65.1 Å². The van der Waals surface area contributed by atoms with Crippen LogP contribution >= 0.6 is 0 Å². The van der Waals surface area contributed by atoms with E-state index in [-0.39, 0.29) is 5.89 Å². The fourth-order valence-corrected chi connectivity index (χ4v) is 2.13. The third-order valence-corrected chi connectivity index (χ3v) is 3.18. The number of aliphatic hydroxyl groups excluding tert-OH is 2. The van der Waals surface area contributed by atoms with Crippen molar-refractivity contribution in [1.29, 1.82) is 0 Å². The van der Waals surface area contributed by atoms with Crippen molar-refractivity contribution in [2.75, 3.05) is 6.61 Å².